The fourth-order valence-electron chi connectivity index (χ4n) is 1.73. The first-order valence-corrected chi connectivity index (χ1v) is 7.69. The quantitative estimate of drug-likeness (QED) is 0.298. The SMILES string of the molecule is C=CCNC(=O)c1cc([N+](=O)[O-])ccc1SC#Cc1cccnc1. The van der Waals surface area contributed by atoms with Crippen LogP contribution in [0.5, 0.6) is 0 Å². The Morgan fingerprint density at radius 2 is 2.29 bits per heavy atom. The van der Waals surface area contributed by atoms with Gasteiger partial charge in [-0.1, -0.05) is 12.0 Å². The Morgan fingerprint density at radius 3 is 2.96 bits per heavy atom. The van der Waals surface area contributed by atoms with E-state index in [1.54, 1.807) is 18.5 Å². The highest BCUT2D eigenvalue weighted by Crippen LogP contribution is 2.26. The summed E-state index contributed by atoms with van der Waals surface area (Å²) in [6.07, 6.45) is 4.81. The van der Waals surface area contributed by atoms with Crippen molar-refractivity contribution >= 4 is 23.4 Å². The number of nitro benzene ring substituents is 1. The molecule has 1 aromatic heterocycles. The van der Waals surface area contributed by atoms with E-state index >= 15 is 0 Å². The first-order valence-electron chi connectivity index (χ1n) is 6.87. The first kappa shape index (κ1) is 17.2. The van der Waals surface area contributed by atoms with Crippen LogP contribution in [0.25, 0.3) is 0 Å². The van der Waals surface area contributed by atoms with Gasteiger partial charge < -0.3 is 5.32 Å². The van der Waals surface area contributed by atoms with Crippen molar-refractivity contribution in [1.82, 2.24) is 10.3 Å². The van der Waals surface area contributed by atoms with Crippen molar-refractivity contribution in [3.05, 3.63) is 76.6 Å². The molecule has 0 atom stereocenters. The molecule has 0 aliphatic heterocycles. The van der Waals surface area contributed by atoms with Crippen LogP contribution in [0.1, 0.15) is 15.9 Å². The minimum Gasteiger partial charge on any atom is -0.349 e. The number of thioether (sulfide) groups is 1. The lowest BCUT2D eigenvalue weighted by atomic mass is 10.2. The van der Waals surface area contributed by atoms with E-state index in [1.807, 2.05) is 6.07 Å². The monoisotopic (exact) mass is 339 g/mol. The van der Waals surface area contributed by atoms with E-state index in [1.165, 1.54) is 24.3 Å². The molecule has 2 aromatic rings. The van der Waals surface area contributed by atoms with Crippen molar-refractivity contribution in [1.29, 1.82) is 0 Å². The zero-order chi connectivity index (χ0) is 17.4. The molecule has 120 valence electrons. The average Bonchev–Trinajstić information content (AvgIpc) is 2.60. The molecule has 6 nitrogen and oxygen atoms in total. The molecule has 0 aliphatic rings. The first-order chi connectivity index (χ1) is 11.6. The summed E-state index contributed by atoms with van der Waals surface area (Å²) in [5, 5.41) is 16.4. The van der Waals surface area contributed by atoms with Gasteiger partial charge in [-0.3, -0.25) is 19.9 Å². The van der Waals surface area contributed by atoms with Gasteiger partial charge in [-0.2, -0.15) is 0 Å². The largest absolute Gasteiger partial charge is 0.349 e. The number of nitro groups is 1. The zero-order valence-electron chi connectivity index (χ0n) is 12.6. The van der Waals surface area contributed by atoms with Crippen LogP contribution >= 0.6 is 11.8 Å². The number of amides is 1. The predicted octanol–water partition coefficient (Wildman–Crippen LogP) is 3.01. The second-order valence-corrected chi connectivity index (χ2v) is 5.36. The Labute approximate surface area is 143 Å². The smallest absolute Gasteiger partial charge is 0.270 e. The number of pyridine rings is 1. The summed E-state index contributed by atoms with van der Waals surface area (Å²) in [6.45, 7) is 3.79. The van der Waals surface area contributed by atoms with Crippen molar-refractivity contribution in [2.24, 2.45) is 0 Å². The van der Waals surface area contributed by atoms with Crippen LogP contribution in [0.4, 0.5) is 5.69 Å². The summed E-state index contributed by atoms with van der Waals surface area (Å²) in [6, 6.07) is 7.69. The lowest BCUT2D eigenvalue weighted by Gasteiger charge is -2.06. The second-order valence-electron chi connectivity index (χ2n) is 4.51. The van der Waals surface area contributed by atoms with Crippen LogP contribution in [-0.2, 0) is 0 Å². The summed E-state index contributed by atoms with van der Waals surface area (Å²) in [7, 11) is 0. The third kappa shape index (κ3) is 4.69. The Balaban J connectivity index is 2.27. The second kappa shape index (κ2) is 8.50. The van der Waals surface area contributed by atoms with Gasteiger partial charge in [0.05, 0.1) is 10.5 Å². The summed E-state index contributed by atoms with van der Waals surface area (Å²) < 4.78 is 0. The van der Waals surface area contributed by atoms with E-state index < -0.39 is 10.8 Å². The molecule has 0 bridgehead atoms. The number of nitrogens with one attached hydrogen (secondary N) is 1. The van der Waals surface area contributed by atoms with Gasteiger partial charge in [0.2, 0.25) is 0 Å². The molecule has 1 heterocycles. The van der Waals surface area contributed by atoms with E-state index in [2.05, 4.69) is 28.1 Å². The number of non-ortho nitro benzene ring substituents is 1. The molecule has 0 unspecified atom stereocenters. The minimum absolute atomic E-state index is 0.150. The number of hydrogen-bond acceptors (Lipinski definition) is 5. The molecule has 0 aliphatic carbocycles. The molecule has 7 heteroatoms. The van der Waals surface area contributed by atoms with Gasteiger partial charge in [-0.05, 0) is 35.2 Å². The summed E-state index contributed by atoms with van der Waals surface area (Å²) in [4.78, 5) is 27.1. The van der Waals surface area contributed by atoms with Gasteiger partial charge in [-0.25, -0.2) is 0 Å². The average molecular weight is 339 g/mol. The van der Waals surface area contributed by atoms with Gasteiger partial charge >= 0.3 is 0 Å². The van der Waals surface area contributed by atoms with Gasteiger partial charge in [0.1, 0.15) is 0 Å². The summed E-state index contributed by atoms with van der Waals surface area (Å²) >= 11 is 1.13. The molecule has 24 heavy (non-hydrogen) atoms. The number of nitrogens with zero attached hydrogens (tertiary/aromatic N) is 2. The maximum absolute atomic E-state index is 12.2. The van der Waals surface area contributed by atoms with E-state index in [4.69, 9.17) is 0 Å². The molecule has 0 spiro atoms. The van der Waals surface area contributed by atoms with Crippen molar-refractivity contribution in [2.45, 2.75) is 4.90 Å². The minimum atomic E-state index is -0.542. The standard InChI is InChI=1S/C17H13N3O3S/c1-2-8-19-17(21)15-11-14(20(22)23)5-6-16(15)24-10-7-13-4-3-9-18-12-13/h2-6,9,11-12H,1,8H2,(H,19,21). The van der Waals surface area contributed by atoms with E-state index in [0.717, 1.165) is 17.3 Å². The highest BCUT2D eigenvalue weighted by Gasteiger charge is 2.16. The zero-order valence-corrected chi connectivity index (χ0v) is 13.4. The van der Waals surface area contributed by atoms with E-state index in [0.29, 0.717) is 4.90 Å². The van der Waals surface area contributed by atoms with Crippen LogP contribution in [0.15, 0.2) is 60.3 Å². The Bertz CT molecular complexity index is 826. The fraction of sp³-hybridized carbons (Fsp3) is 0.0588. The normalized spacial score (nSPS) is 9.50. The van der Waals surface area contributed by atoms with Crippen LogP contribution in [0.3, 0.4) is 0 Å². The van der Waals surface area contributed by atoms with Crippen LogP contribution in [0, 0.1) is 21.3 Å². The number of rotatable bonds is 5. The highest BCUT2D eigenvalue weighted by atomic mass is 32.2. The van der Waals surface area contributed by atoms with Gasteiger partial charge in [0.15, 0.2) is 0 Å². The van der Waals surface area contributed by atoms with Gasteiger partial charge in [0.25, 0.3) is 11.6 Å². The lowest BCUT2D eigenvalue weighted by molar-refractivity contribution is -0.384. The molecule has 1 N–H and O–H groups in total. The molecule has 0 fully saturated rings. The molecular weight excluding hydrogens is 326 g/mol. The van der Waals surface area contributed by atoms with Crippen molar-refractivity contribution in [3.63, 3.8) is 0 Å². The van der Waals surface area contributed by atoms with Crippen molar-refractivity contribution < 1.29 is 9.72 Å². The van der Waals surface area contributed by atoms with Crippen LogP contribution in [-0.4, -0.2) is 22.4 Å². The Morgan fingerprint density at radius 1 is 1.46 bits per heavy atom. The summed E-state index contributed by atoms with van der Waals surface area (Å²) in [5.74, 6) is 2.50. The number of hydrogen-bond donors (Lipinski definition) is 1. The Kier molecular flexibility index (Phi) is 6.11. The molecule has 1 aromatic carbocycles. The summed E-state index contributed by atoms with van der Waals surface area (Å²) in [5.41, 5.74) is 0.796. The molecule has 0 saturated heterocycles. The van der Waals surface area contributed by atoms with Gasteiger partial charge in [0, 0.05) is 41.5 Å². The van der Waals surface area contributed by atoms with E-state index in [9.17, 15) is 14.9 Å². The molecule has 2 rings (SSSR count). The maximum Gasteiger partial charge on any atom is 0.270 e. The number of carbonyl (C=O) groups is 1. The highest BCUT2D eigenvalue weighted by molar-refractivity contribution is 8.04. The third-order valence-corrected chi connectivity index (χ3v) is 3.62. The number of aromatic nitrogens is 1. The third-order valence-electron chi connectivity index (χ3n) is 2.84. The predicted molar refractivity (Wildman–Crippen MR) is 92.6 cm³/mol. The lowest BCUT2D eigenvalue weighted by Crippen LogP contribution is -2.23. The molecule has 0 saturated carbocycles. The van der Waals surface area contributed by atoms with Crippen molar-refractivity contribution in [3.8, 4) is 11.2 Å². The number of benzene rings is 1. The van der Waals surface area contributed by atoms with E-state index in [-0.39, 0.29) is 17.8 Å². The number of carbonyl (C=O) groups excluding carboxylic acids is 1. The topological polar surface area (TPSA) is 85.1 Å². The molecule has 0 radical (unpaired) electrons. The van der Waals surface area contributed by atoms with Crippen LogP contribution < -0.4 is 5.32 Å². The maximum atomic E-state index is 12.2. The molecule has 1 amide bonds. The van der Waals surface area contributed by atoms with Crippen LogP contribution in [0.2, 0.25) is 0 Å². The fourth-order valence-corrected chi connectivity index (χ4v) is 2.41. The Hall–Kier alpha value is -3.11. The van der Waals surface area contributed by atoms with Crippen molar-refractivity contribution in [2.75, 3.05) is 6.54 Å². The molecular formula is C17H13N3O3S. The van der Waals surface area contributed by atoms with Gasteiger partial charge in [-0.15, -0.1) is 6.58 Å².